The molecular formula is C32H37FN4O6S2. The van der Waals surface area contributed by atoms with Crippen LogP contribution in [0, 0.1) is 11.7 Å². The number of pyridine rings is 1. The zero-order valence-electron chi connectivity index (χ0n) is 25.1. The number of ether oxygens (including phenoxy) is 1. The first-order chi connectivity index (χ1) is 21.7. The molecule has 2 saturated heterocycles. The van der Waals surface area contributed by atoms with Crippen molar-refractivity contribution in [1.82, 2.24) is 9.29 Å². The lowest BCUT2D eigenvalue weighted by Crippen LogP contribution is -2.60. The highest BCUT2D eigenvalue weighted by Crippen LogP contribution is 2.42. The summed E-state index contributed by atoms with van der Waals surface area (Å²) in [5.41, 5.74) is 0.892. The van der Waals surface area contributed by atoms with Crippen LogP contribution in [-0.2, 0) is 19.6 Å². The van der Waals surface area contributed by atoms with Crippen molar-refractivity contribution < 1.29 is 32.2 Å². The number of hydrogen-bond donors (Lipinski definition) is 1. The minimum absolute atomic E-state index is 0.00454. The van der Waals surface area contributed by atoms with Gasteiger partial charge in [0, 0.05) is 31.3 Å². The van der Waals surface area contributed by atoms with E-state index in [9.17, 15) is 27.5 Å². The second-order valence-electron chi connectivity index (χ2n) is 12.0. The Kier molecular flexibility index (Phi) is 9.23. The third-order valence-electron chi connectivity index (χ3n) is 9.18. The van der Waals surface area contributed by atoms with E-state index in [1.54, 1.807) is 37.4 Å². The Labute approximate surface area is 266 Å². The summed E-state index contributed by atoms with van der Waals surface area (Å²) >= 11 is 1.02. The standard InChI is InChI=1S/C32H37FN4O6S2/c1-43-20-24-8-5-15-36(24)29-14-13-25(17-34-29)45(41,42)35-18-27(21-6-3-2-4-7-21)37(30(38)19-35)26-16-28(44-31(26)32(39)40)22-9-11-23(33)12-10-22/h9-14,16-17,21,24,27H,2-8,15,18-20H2,1H3,(H,39,40). The molecule has 2 aliphatic heterocycles. The van der Waals surface area contributed by atoms with Gasteiger partial charge in [-0.05, 0) is 67.5 Å². The van der Waals surface area contributed by atoms with E-state index in [1.165, 1.54) is 27.5 Å². The fourth-order valence-electron chi connectivity index (χ4n) is 6.96. The zero-order chi connectivity index (χ0) is 31.7. The number of thiophene rings is 1. The molecule has 0 bridgehead atoms. The van der Waals surface area contributed by atoms with Gasteiger partial charge in [0.25, 0.3) is 0 Å². The summed E-state index contributed by atoms with van der Waals surface area (Å²) in [7, 11) is -2.41. The molecule has 240 valence electrons. The molecule has 10 nitrogen and oxygen atoms in total. The molecule has 1 amide bonds. The number of carboxylic acids is 1. The molecule has 1 saturated carbocycles. The second kappa shape index (κ2) is 13.1. The number of carbonyl (C=O) groups is 2. The van der Waals surface area contributed by atoms with Gasteiger partial charge >= 0.3 is 5.97 Å². The Morgan fingerprint density at radius 3 is 2.51 bits per heavy atom. The monoisotopic (exact) mass is 656 g/mol. The van der Waals surface area contributed by atoms with Gasteiger partial charge in [0.1, 0.15) is 21.4 Å². The molecule has 1 aliphatic carbocycles. The highest BCUT2D eigenvalue weighted by atomic mass is 32.2. The van der Waals surface area contributed by atoms with E-state index >= 15 is 0 Å². The van der Waals surface area contributed by atoms with Gasteiger partial charge in [0.2, 0.25) is 15.9 Å². The number of aromatic nitrogens is 1. The third-order valence-corrected chi connectivity index (χ3v) is 12.1. The van der Waals surface area contributed by atoms with E-state index in [0.717, 1.165) is 62.8 Å². The zero-order valence-corrected chi connectivity index (χ0v) is 26.7. The topological polar surface area (TPSA) is 120 Å². The number of halogens is 1. The molecule has 2 unspecified atom stereocenters. The number of amides is 1. The molecule has 3 aliphatic rings. The number of rotatable bonds is 9. The molecule has 6 rings (SSSR count). The van der Waals surface area contributed by atoms with Crippen molar-refractivity contribution in [1.29, 1.82) is 0 Å². The normalized spacial score (nSPS) is 21.9. The number of piperazine rings is 1. The summed E-state index contributed by atoms with van der Waals surface area (Å²) in [5.74, 6) is -1.37. The highest BCUT2D eigenvalue weighted by molar-refractivity contribution is 7.89. The van der Waals surface area contributed by atoms with Crippen molar-refractivity contribution in [2.24, 2.45) is 5.92 Å². The molecule has 45 heavy (non-hydrogen) atoms. The molecule has 1 N–H and O–H groups in total. The van der Waals surface area contributed by atoms with Crippen molar-refractivity contribution in [3.05, 3.63) is 59.4 Å². The summed E-state index contributed by atoms with van der Waals surface area (Å²) < 4.78 is 48.1. The largest absolute Gasteiger partial charge is 0.477 e. The van der Waals surface area contributed by atoms with Crippen LogP contribution in [-0.4, -0.2) is 80.1 Å². The summed E-state index contributed by atoms with van der Waals surface area (Å²) in [5, 5.41) is 10.1. The molecule has 0 radical (unpaired) electrons. The summed E-state index contributed by atoms with van der Waals surface area (Å²) in [6, 6.07) is 10.3. The van der Waals surface area contributed by atoms with Crippen LogP contribution in [0.15, 0.2) is 53.6 Å². The maximum absolute atomic E-state index is 14.0. The number of carbonyl (C=O) groups excluding carboxylic acids is 1. The number of hydrogen-bond acceptors (Lipinski definition) is 8. The van der Waals surface area contributed by atoms with Crippen molar-refractivity contribution in [3.8, 4) is 10.4 Å². The number of anilines is 2. The predicted molar refractivity (Wildman–Crippen MR) is 170 cm³/mol. The van der Waals surface area contributed by atoms with Crippen molar-refractivity contribution in [2.75, 3.05) is 43.2 Å². The van der Waals surface area contributed by atoms with Crippen LogP contribution in [0.5, 0.6) is 0 Å². The molecule has 4 heterocycles. The molecule has 3 aromatic rings. The Bertz CT molecular complexity index is 1640. The molecule has 1 aromatic carbocycles. The molecule has 0 spiro atoms. The fourth-order valence-corrected chi connectivity index (χ4v) is 9.31. The van der Waals surface area contributed by atoms with Crippen LogP contribution in [0.4, 0.5) is 15.9 Å². The van der Waals surface area contributed by atoms with Gasteiger partial charge in [-0.3, -0.25) is 4.79 Å². The minimum Gasteiger partial charge on any atom is -0.477 e. The lowest BCUT2D eigenvalue weighted by atomic mass is 9.82. The van der Waals surface area contributed by atoms with Crippen LogP contribution in [0.3, 0.4) is 0 Å². The van der Waals surface area contributed by atoms with E-state index < -0.39 is 40.3 Å². The summed E-state index contributed by atoms with van der Waals surface area (Å²) in [6.45, 7) is 1.01. The molecular weight excluding hydrogens is 620 g/mol. The summed E-state index contributed by atoms with van der Waals surface area (Å²) in [6.07, 6.45) is 7.94. The number of nitrogens with zero attached hydrogens (tertiary/aromatic N) is 4. The van der Waals surface area contributed by atoms with Crippen molar-refractivity contribution in [2.45, 2.75) is 61.9 Å². The smallest absolute Gasteiger partial charge is 0.348 e. The van der Waals surface area contributed by atoms with Crippen LogP contribution in [0.25, 0.3) is 10.4 Å². The fraction of sp³-hybridized carbons (Fsp3) is 0.469. The average molecular weight is 657 g/mol. The van der Waals surface area contributed by atoms with Crippen LogP contribution in [0.1, 0.15) is 54.6 Å². The maximum atomic E-state index is 14.0. The number of methoxy groups -OCH3 is 1. The number of benzene rings is 1. The van der Waals surface area contributed by atoms with Gasteiger partial charge in [-0.1, -0.05) is 31.4 Å². The molecule has 3 fully saturated rings. The quantitative estimate of drug-likeness (QED) is 0.332. The number of carboxylic acid groups (broad SMARTS) is 1. The first kappa shape index (κ1) is 31.6. The maximum Gasteiger partial charge on any atom is 0.348 e. The number of aromatic carboxylic acids is 1. The van der Waals surface area contributed by atoms with Crippen LogP contribution >= 0.6 is 11.3 Å². The van der Waals surface area contributed by atoms with Gasteiger partial charge in [0.15, 0.2) is 0 Å². The van der Waals surface area contributed by atoms with E-state index in [4.69, 9.17) is 4.74 Å². The molecule has 13 heteroatoms. The lowest BCUT2D eigenvalue weighted by Gasteiger charge is -2.44. The highest BCUT2D eigenvalue weighted by Gasteiger charge is 2.44. The Morgan fingerprint density at radius 2 is 1.84 bits per heavy atom. The summed E-state index contributed by atoms with van der Waals surface area (Å²) in [4.78, 5) is 35.1. The third kappa shape index (κ3) is 6.35. The van der Waals surface area contributed by atoms with E-state index in [2.05, 4.69) is 9.88 Å². The minimum atomic E-state index is -4.07. The predicted octanol–water partition coefficient (Wildman–Crippen LogP) is 5.25. The van der Waals surface area contributed by atoms with E-state index in [1.807, 2.05) is 0 Å². The van der Waals surface area contributed by atoms with Crippen molar-refractivity contribution >= 4 is 44.7 Å². The van der Waals surface area contributed by atoms with Crippen molar-refractivity contribution in [3.63, 3.8) is 0 Å². The van der Waals surface area contributed by atoms with Gasteiger partial charge in [-0.15, -0.1) is 11.3 Å². The van der Waals surface area contributed by atoms with Crippen LogP contribution in [0.2, 0.25) is 0 Å². The van der Waals surface area contributed by atoms with Crippen LogP contribution < -0.4 is 9.80 Å². The molecule has 2 atom stereocenters. The Balaban J connectivity index is 1.31. The SMILES string of the molecule is COCC1CCCN1c1ccc(S(=O)(=O)N2CC(=O)N(c3cc(-c4ccc(F)cc4)sc3C(=O)O)C(C3CCCCC3)C2)cn1. The van der Waals surface area contributed by atoms with E-state index in [0.29, 0.717) is 22.9 Å². The first-order valence-electron chi connectivity index (χ1n) is 15.3. The van der Waals surface area contributed by atoms with Gasteiger partial charge < -0.3 is 19.6 Å². The van der Waals surface area contributed by atoms with Gasteiger partial charge in [-0.25, -0.2) is 22.6 Å². The number of sulfonamides is 1. The average Bonchev–Trinajstić information content (AvgIpc) is 3.70. The van der Waals surface area contributed by atoms with Gasteiger partial charge in [-0.2, -0.15) is 4.31 Å². The van der Waals surface area contributed by atoms with Gasteiger partial charge in [0.05, 0.1) is 30.9 Å². The van der Waals surface area contributed by atoms with E-state index in [-0.39, 0.29) is 34.0 Å². The Morgan fingerprint density at radius 1 is 1.09 bits per heavy atom. The Hall–Kier alpha value is -3.39. The first-order valence-corrected chi connectivity index (χ1v) is 17.6. The lowest BCUT2D eigenvalue weighted by molar-refractivity contribution is -0.121. The molecule has 2 aromatic heterocycles. The second-order valence-corrected chi connectivity index (χ2v) is 15.0.